The Morgan fingerprint density at radius 1 is 0.839 bits per heavy atom. The fourth-order valence-electron chi connectivity index (χ4n) is 4.95. The van der Waals surface area contributed by atoms with Gasteiger partial charge < -0.3 is 0 Å². The predicted octanol–water partition coefficient (Wildman–Crippen LogP) is 8.41. The van der Waals surface area contributed by atoms with Gasteiger partial charge in [-0.15, -0.1) is 0 Å². The van der Waals surface area contributed by atoms with E-state index in [1.165, 1.54) is 50.5 Å². The van der Waals surface area contributed by atoms with Gasteiger partial charge in [-0.2, -0.15) is 0 Å². The van der Waals surface area contributed by atoms with Crippen molar-refractivity contribution in [1.29, 1.82) is 0 Å². The molecular formula is C30H33F. The van der Waals surface area contributed by atoms with Gasteiger partial charge in [0, 0.05) is 16.5 Å². The van der Waals surface area contributed by atoms with E-state index in [-0.39, 0.29) is 5.82 Å². The maximum atomic E-state index is 14.5. The van der Waals surface area contributed by atoms with E-state index in [0.29, 0.717) is 17.7 Å². The first-order chi connectivity index (χ1) is 15.2. The molecule has 1 aliphatic rings. The highest BCUT2D eigenvalue weighted by Crippen LogP contribution is 2.37. The van der Waals surface area contributed by atoms with Crippen LogP contribution in [-0.4, -0.2) is 0 Å². The van der Waals surface area contributed by atoms with Crippen molar-refractivity contribution in [3.8, 4) is 11.8 Å². The molecule has 0 saturated heterocycles. The van der Waals surface area contributed by atoms with Crippen molar-refractivity contribution < 1.29 is 4.39 Å². The molecule has 0 unspecified atom stereocenters. The lowest BCUT2D eigenvalue weighted by Gasteiger charge is -2.28. The van der Waals surface area contributed by atoms with E-state index in [0.717, 1.165) is 28.0 Å². The molecule has 0 heterocycles. The van der Waals surface area contributed by atoms with Crippen molar-refractivity contribution >= 4 is 10.8 Å². The monoisotopic (exact) mass is 412 g/mol. The molecule has 0 bridgehead atoms. The molecule has 1 heteroatoms. The number of fused-ring (bicyclic) bond motifs is 1. The minimum atomic E-state index is -0.102. The van der Waals surface area contributed by atoms with E-state index in [9.17, 15) is 4.39 Å². The predicted molar refractivity (Wildman–Crippen MR) is 130 cm³/mol. The maximum Gasteiger partial charge on any atom is 0.134 e. The van der Waals surface area contributed by atoms with Gasteiger partial charge in [0.2, 0.25) is 0 Å². The van der Waals surface area contributed by atoms with Crippen LogP contribution in [0.15, 0.2) is 54.6 Å². The fraction of sp³-hybridized carbons (Fsp3) is 0.400. The Morgan fingerprint density at radius 3 is 2.26 bits per heavy atom. The van der Waals surface area contributed by atoms with Gasteiger partial charge in [0.1, 0.15) is 5.82 Å². The maximum absolute atomic E-state index is 14.5. The third-order valence-electron chi connectivity index (χ3n) is 6.96. The summed E-state index contributed by atoms with van der Waals surface area (Å²) in [6.45, 7) is 4.27. The molecule has 3 aromatic carbocycles. The Morgan fingerprint density at radius 2 is 1.55 bits per heavy atom. The normalized spacial score (nSPS) is 18.5. The van der Waals surface area contributed by atoms with Crippen molar-refractivity contribution in [2.75, 3.05) is 0 Å². The van der Waals surface area contributed by atoms with Gasteiger partial charge in [0.15, 0.2) is 0 Å². The third-order valence-corrected chi connectivity index (χ3v) is 6.96. The van der Waals surface area contributed by atoms with E-state index in [1.807, 2.05) is 37.3 Å². The summed E-state index contributed by atoms with van der Waals surface area (Å²) in [7, 11) is 0. The number of unbranched alkanes of at least 4 members (excludes halogenated alkanes) is 1. The summed E-state index contributed by atoms with van der Waals surface area (Å²) in [6, 6.07) is 18.5. The van der Waals surface area contributed by atoms with E-state index in [2.05, 4.69) is 43.0 Å². The Hall–Kier alpha value is -2.59. The van der Waals surface area contributed by atoms with Crippen molar-refractivity contribution in [3.05, 3.63) is 82.7 Å². The zero-order valence-electron chi connectivity index (χ0n) is 18.9. The largest absolute Gasteiger partial charge is 0.206 e. The zero-order chi connectivity index (χ0) is 21.6. The molecule has 0 aromatic heterocycles. The topological polar surface area (TPSA) is 0 Å². The molecule has 0 N–H and O–H groups in total. The van der Waals surface area contributed by atoms with E-state index in [1.54, 1.807) is 0 Å². The molecule has 1 aliphatic carbocycles. The number of aryl methyl sites for hydroxylation is 1. The van der Waals surface area contributed by atoms with Gasteiger partial charge in [0.25, 0.3) is 0 Å². The molecule has 0 spiro atoms. The van der Waals surface area contributed by atoms with Gasteiger partial charge in [0.05, 0.1) is 0 Å². The lowest BCUT2D eigenvalue weighted by atomic mass is 9.77. The van der Waals surface area contributed by atoms with Crippen LogP contribution in [0.25, 0.3) is 10.8 Å². The average molecular weight is 413 g/mol. The second-order valence-corrected chi connectivity index (χ2v) is 9.06. The summed E-state index contributed by atoms with van der Waals surface area (Å²) in [5.74, 6) is 8.09. The Labute approximate surface area is 186 Å². The van der Waals surface area contributed by atoms with E-state index >= 15 is 0 Å². The van der Waals surface area contributed by atoms with Gasteiger partial charge in [-0.1, -0.05) is 75.3 Å². The second kappa shape index (κ2) is 10.1. The minimum absolute atomic E-state index is 0.102. The Bertz CT molecular complexity index is 1070. The molecule has 0 nitrogen and oxygen atoms in total. The molecule has 0 radical (unpaired) electrons. The summed E-state index contributed by atoms with van der Waals surface area (Å²) < 4.78 is 14.5. The molecule has 31 heavy (non-hydrogen) atoms. The van der Waals surface area contributed by atoms with Gasteiger partial charge in [-0.05, 0) is 84.7 Å². The van der Waals surface area contributed by atoms with E-state index in [4.69, 9.17) is 0 Å². The smallest absolute Gasteiger partial charge is 0.134 e. The summed E-state index contributed by atoms with van der Waals surface area (Å²) >= 11 is 0. The van der Waals surface area contributed by atoms with Crippen molar-refractivity contribution in [2.45, 2.75) is 71.1 Å². The highest BCUT2D eigenvalue weighted by molar-refractivity contribution is 5.85. The van der Waals surface area contributed by atoms with Crippen LogP contribution in [0.5, 0.6) is 0 Å². The molecule has 4 rings (SSSR count). The molecule has 1 fully saturated rings. The number of hydrogen-bond donors (Lipinski definition) is 0. The summed E-state index contributed by atoms with van der Waals surface area (Å²) in [5.41, 5.74) is 4.19. The first-order valence-corrected chi connectivity index (χ1v) is 12.0. The van der Waals surface area contributed by atoms with Crippen molar-refractivity contribution in [1.82, 2.24) is 0 Å². The average Bonchev–Trinajstić information content (AvgIpc) is 2.82. The standard InChI is InChI=1S/C30H33F/c1-3-5-6-22-9-14-26(15-10-22)27-16-11-23(12-17-27)7-8-24-13-20-29-28(21-24)19-18-25(4-2)30(29)31/h11-13,16-22,26H,3-6,9-10,14-15H2,1-2H3. The Kier molecular flexibility index (Phi) is 7.08. The number of benzene rings is 3. The fourth-order valence-corrected chi connectivity index (χ4v) is 4.95. The van der Waals surface area contributed by atoms with Crippen LogP contribution in [0.4, 0.5) is 4.39 Å². The van der Waals surface area contributed by atoms with Crippen LogP contribution in [0.3, 0.4) is 0 Å². The van der Waals surface area contributed by atoms with Gasteiger partial charge in [-0.3, -0.25) is 0 Å². The minimum Gasteiger partial charge on any atom is -0.206 e. The molecule has 3 aromatic rings. The second-order valence-electron chi connectivity index (χ2n) is 9.06. The van der Waals surface area contributed by atoms with Crippen LogP contribution in [-0.2, 0) is 6.42 Å². The zero-order valence-corrected chi connectivity index (χ0v) is 18.9. The SMILES string of the molecule is CCCCC1CCC(c2ccc(C#Cc3ccc4c(F)c(CC)ccc4c3)cc2)CC1. The van der Waals surface area contributed by atoms with Crippen molar-refractivity contribution in [2.24, 2.45) is 5.92 Å². The lowest BCUT2D eigenvalue weighted by molar-refractivity contribution is 0.304. The van der Waals surface area contributed by atoms with Gasteiger partial charge >= 0.3 is 0 Å². The molecule has 0 aliphatic heterocycles. The quantitative estimate of drug-likeness (QED) is 0.369. The lowest BCUT2D eigenvalue weighted by Crippen LogP contribution is -2.13. The molecule has 160 valence electrons. The van der Waals surface area contributed by atoms with Crippen molar-refractivity contribution in [3.63, 3.8) is 0 Å². The van der Waals surface area contributed by atoms with E-state index < -0.39 is 0 Å². The molecule has 1 saturated carbocycles. The first-order valence-electron chi connectivity index (χ1n) is 12.0. The summed E-state index contributed by atoms with van der Waals surface area (Å²) in [6.07, 6.45) is 10.2. The van der Waals surface area contributed by atoms with Crippen LogP contribution < -0.4 is 0 Å². The Balaban J connectivity index is 1.42. The highest BCUT2D eigenvalue weighted by Gasteiger charge is 2.21. The number of rotatable bonds is 5. The molecule has 0 atom stereocenters. The third kappa shape index (κ3) is 5.19. The summed E-state index contributed by atoms with van der Waals surface area (Å²) in [4.78, 5) is 0. The first kappa shape index (κ1) is 21.6. The summed E-state index contributed by atoms with van der Waals surface area (Å²) in [5, 5.41) is 1.59. The molecule has 0 amide bonds. The van der Waals surface area contributed by atoms with Gasteiger partial charge in [-0.25, -0.2) is 4.39 Å². The highest BCUT2D eigenvalue weighted by atomic mass is 19.1. The number of halogens is 1. The number of hydrogen-bond acceptors (Lipinski definition) is 0. The molecular weight excluding hydrogens is 379 g/mol. The van der Waals surface area contributed by atoms with Crippen LogP contribution in [0.1, 0.15) is 87.0 Å². The van der Waals surface area contributed by atoms with Crippen LogP contribution in [0, 0.1) is 23.6 Å². The van der Waals surface area contributed by atoms with Crippen LogP contribution >= 0.6 is 0 Å². The van der Waals surface area contributed by atoms with Crippen LogP contribution in [0.2, 0.25) is 0 Å².